The Kier molecular flexibility index (Phi) is 4.60. The average Bonchev–Trinajstić information content (AvgIpc) is 2.61. The van der Waals surface area contributed by atoms with Gasteiger partial charge in [-0.25, -0.2) is 9.97 Å². The fourth-order valence-electron chi connectivity index (χ4n) is 2.20. The minimum atomic E-state index is 0.173. The monoisotopic (exact) mass is 253 g/mol. The smallest absolute Gasteiger partial charge is 0.132 e. The van der Waals surface area contributed by atoms with Gasteiger partial charge in [0.25, 0.3) is 0 Å². The molecule has 2 rings (SSSR count). The minimum Gasteiger partial charge on any atom is -0.368 e. The van der Waals surface area contributed by atoms with Crippen LogP contribution in [0.1, 0.15) is 43.9 Å². The third-order valence-corrected chi connectivity index (χ3v) is 3.77. The largest absolute Gasteiger partial charge is 0.368 e. The first-order valence-corrected chi connectivity index (χ1v) is 6.95. The quantitative estimate of drug-likeness (QED) is 0.662. The summed E-state index contributed by atoms with van der Waals surface area (Å²) in [5.41, 5.74) is 2.53. The molecule has 1 heterocycles. The Bertz CT molecular complexity index is 368. The highest BCUT2D eigenvalue weighted by Crippen LogP contribution is 2.23. The maximum atomic E-state index is 6.12. The summed E-state index contributed by atoms with van der Waals surface area (Å²) in [6, 6.07) is 0. The van der Waals surface area contributed by atoms with E-state index in [1.165, 1.54) is 30.5 Å². The second kappa shape index (κ2) is 6.20. The molecule has 3 nitrogen and oxygen atoms in total. The Morgan fingerprint density at radius 2 is 2.12 bits per heavy atom. The predicted molar refractivity (Wildman–Crippen MR) is 71.7 cm³/mol. The van der Waals surface area contributed by atoms with Crippen LogP contribution in [0, 0.1) is 0 Å². The van der Waals surface area contributed by atoms with E-state index in [2.05, 4.69) is 22.2 Å². The van der Waals surface area contributed by atoms with Gasteiger partial charge in [-0.1, -0.05) is 13.3 Å². The van der Waals surface area contributed by atoms with Crippen molar-refractivity contribution in [2.75, 3.05) is 11.9 Å². The van der Waals surface area contributed by atoms with Gasteiger partial charge < -0.3 is 5.32 Å². The van der Waals surface area contributed by atoms with Gasteiger partial charge in [-0.3, -0.25) is 0 Å². The molecule has 1 atom stereocenters. The summed E-state index contributed by atoms with van der Waals surface area (Å²) in [5, 5.41) is 3.54. The topological polar surface area (TPSA) is 37.8 Å². The average molecular weight is 254 g/mol. The highest BCUT2D eigenvalue weighted by molar-refractivity contribution is 6.20. The first-order valence-electron chi connectivity index (χ1n) is 6.52. The molecular formula is C13H20ClN3. The van der Waals surface area contributed by atoms with Crippen molar-refractivity contribution in [3.05, 3.63) is 17.6 Å². The van der Waals surface area contributed by atoms with E-state index in [1.54, 1.807) is 6.33 Å². The van der Waals surface area contributed by atoms with Gasteiger partial charge in [0, 0.05) is 17.8 Å². The fourth-order valence-corrected chi connectivity index (χ4v) is 2.28. The van der Waals surface area contributed by atoms with E-state index in [0.29, 0.717) is 0 Å². The molecular weight excluding hydrogens is 234 g/mol. The minimum absolute atomic E-state index is 0.173. The van der Waals surface area contributed by atoms with Gasteiger partial charge in [0.15, 0.2) is 0 Å². The lowest BCUT2D eigenvalue weighted by atomic mass is 10.1. The van der Waals surface area contributed by atoms with Crippen LogP contribution in [0.3, 0.4) is 0 Å². The molecule has 1 N–H and O–H groups in total. The van der Waals surface area contributed by atoms with Crippen LogP contribution in [-0.4, -0.2) is 21.9 Å². The SMILES string of the molecule is CCC(Cl)CNc1ncnc2c1CCCCC2. The number of alkyl halides is 1. The molecule has 0 saturated heterocycles. The molecule has 0 aliphatic heterocycles. The molecule has 0 spiro atoms. The molecule has 1 unspecified atom stereocenters. The van der Waals surface area contributed by atoms with Gasteiger partial charge >= 0.3 is 0 Å². The van der Waals surface area contributed by atoms with E-state index in [9.17, 15) is 0 Å². The summed E-state index contributed by atoms with van der Waals surface area (Å²) in [5.74, 6) is 0.996. The van der Waals surface area contributed by atoms with Crippen LogP contribution in [0.2, 0.25) is 0 Å². The van der Waals surface area contributed by atoms with Gasteiger partial charge in [0.1, 0.15) is 12.1 Å². The van der Waals surface area contributed by atoms with Gasteiger partial charge in [-0.2, -0.15) is 0 Å². The molecule has 0 radical (unpaired) electrons. The zero-order valence-electron chi connectivity index (χ0n) is 10.4. The summed E-state index contributed by atoms with van der Waals surface area (Å²) in [7, 11) is 0. The number of hydrogen-bond acceptors (Lipinski definition) is 3. The van der Waals surface area contributed by atoms with Crippen LogP contribution >= 0.6 is 11.6 Å². The number of nitrogens with one attached hydrogen (secondary N) is 1. The second-order valence-corrected chi connectivity index (χ2v) is 5.21. The summed E-state index contributed by atoms with van der Waals surface area (Å²) >= 11 is 6.12. The standard InChI is InChI=1S/C13H20ClN3/c1-2-10(14)8-15-13-11-6-4-3-5-7-12(11)16-9-17-13/h9-10H,2-8H2,1H3,(H,15,16,17). The zero-order chi connectivity index (χ0) is 12.1. The van der Waals surface area contributed by atoms with Crippen molar-refractivity contribution in [3.63, 3.8) is 0 Å². The molecule has 0 saturated carbocycles. The first-order chi connectivity index (χ1) is 8.31. The van der Waals surface area contributed by atoms with Crippen LogP contribution in [0.5, 0.6) is 0 Å². The van der Waals surface area contributed by atoms with E-state index in [0.717, 1.165) is 31.6 Å². The number of halogens is 1. The molecule has 1 aliphatic carbocycles. The molecule has 1 aromatic heterocycles. The second-order valence-electron chi connectivity index (χ2n) is 4.59. The highest BCUT2D eigenvalue weighted by atomic mass is 35.5. The number of fused-ring (bicyclic) bond motifs is 1. The van der Waals surface area contributed by atoms with E-state index < -0.39 is 0 Å². The lowest BCUT2D eigenvalue weighted by Gasteiger charge is -2.14. The Morgan fingerprint density at radius 1 is 1.29 bits per heavy atom. The number of rotatable bonds is 4. The summed E-state index contributed by atoms with van der Waals surface area (Å²) in [6.45, 7) is 2.88. The van der Waals surface area contributed by atoms with E-state index in [-0.39, 0.29) is 5.38 Å². The Morgan fingerprint density at radius 3 is 2.94 bits per heavy atom. The summed E-state index contributed by atoms with van der Waals surface area (Å²) < 4.78 is 0. The van der Waals surface area contributed by atoms with Crippen LogP contribution in [0.15, 0.2) is 6.33 Å². The molecule has 17 heavy (non-hydrogen) atoms. The van der Waals surface area contributed by atoms with Crippen molar-refractivity contribution in [2.45, 2.75) is 50.8 Å². The third-order valence-electron chi connectivity index (χ3n) is 3.31. The highest BCUT2D eigenvalue weighted by Gasteiger charge is 2.14. The molecule has 0 aromatic carbocycles. The van der Waals surface area contributed by atoms with Crippen molar-refractivity contribution >= 4 is 17.4 Å². The Balaban J connectivity index is 2.11. The molecule has 94 valence electrons. The van der Waals surface area contributed by atoms with Crippen molar-refractivity contribution < 1.29 is 0 Å². The fraction of sp³-hybridized carbons (Fsp3) is 0.692. The number of nitrogens with zero attached hydrogens (tertiary/aromatic N) is 2. The van der Waals surface area contributed by atoms with Crippen LogP contribution in [0.25, 0.3) is 0 Å². The van der Waals surface area contributed by atoms with Crippen molar-refractivity contribution in [2.24, 2.45) is 0 Å². The van der Waals surface area contributed by atoms with Crippen LogP contribution in [-0.2, 0) is 12.8 Å². The lowest BCUT2D eigenvalue weighted by Crippen LogP contribution is -2.16. The lowest BCUT2D eigenvalue weighted by molar-refractivity contribution is 0.708. The maximum absolute atomic E-state index is 6.12. The van der Waals surface area contributed by atoms with Crippen molar-refractivity contribution in [3.8, 4) is 0 Å². The Labute approximate surface area is 108 Å². The molecule has 0 bridgehead atoms. The molecule has 0 amide bonds. The van der Waals surface area contributed by atoms with Gasteiger partial charge in [0.05, 0.1) is 5.38 Å². The number of anilines is 1. The summed E-state index contributed by atoms with van der Waals surface area (Å²) in [6.07, 6.45) is 8.61. The molecule has 0 fully saturated rings. The van der Waals surface area contributed by atoms with E-state index in [1.807, 2.05) is 0 Å². The number of aryl methyl sites for hydroxylation is 1. The summed E-state index contributed by atoms with van der Waals surface area (Å²) in [4.78, 5) is 8.76. The Hall–Kier alpha value is -0.830. The first kappa shape index (κ1) is 12.6. The normalized spacial score (nSPS) is 17.1. The number of hydrogen-bond donors (Lipinski definition) is 1. The third kappa shape index (κ3) is 3.32. The van der Waals surface area contributed by atoms with E-state index >= 15 is 0 Å². The van der Waals surface area contributed by atoms with E-state index in [4.69, 9.17) is 11.6 Å². The van der Waals surface area contributed by atoms with Crippen molar-refractivity contribution in [1.29, 1.82) is 0 Å². The van der Waals surface area contributed by atoms with Gasteiger partial charge in [0.2, 0.25) is 0 Å². The van der Waals surface area contributed by atoms with Crippen LogP contribution < -0.4 is 5.32 Å². The predicted octanol–water partition coefficient (Wildman–Crippen LogP) is 3.17. The molecule has 1 aromatic rings. The molecule has 1 aliphatic rings. The van der Waals surface area contributed by atoms with Crippen LogP contribution in [0.4, 0.5) is 5.82 Å². The maximum Gasteiger partial charge on any atom is 0.132 e. The molecule has 4 heteroatoms. The zero-order valence-corrected chi connectivity index (χ0v) is 11.1. The number of aromatic nitrogens is 2. The van der Waals surface area contributed by atoms with Crippen molar-refractivity contribution in [1.82, 2.24) is 9.97 Å². The van der Waals surface area contributed by atoms with Gasteiger partial charge in [-0.15, -0.1) is 11.6 Å². The van der Waals surface area contributed by atoms with Gasteiger partial charge in [-0.05, 0) is 32.1 Å².